The van der Waals surface area contributed by atoms with Gasteiger partial charge in [0.25, 0.3) is 0 Å². The Morgan fingerprint density at radius 3 is 3.07 bits per heavy atom. The maximum Gasteiger partial charge on any atom is 0.0543 e. The van der Waals surface area contributed by atoms with Gasteiger partial charge in [-0.15, -0.1) is 0 Å². The van der Waals surface area contributed by atoms with Crippen LogP contribution in [0, 0.1) is 0 Å². The summed E-state index contributed by atoms with van der Waals surface area (Å²) in [5, 5.41) is 3.26. The molecule has 0 saturated heterocycles. The number of benzene rings is 1. The average Bonchev–Trinajstić information content (AvgIpc) is 2.22. The van der Waals surface area contributed by atoms with Crippen molar-refractivity contribution >= 4 is 21.6 Å². The van der Waals surface area contributed by atoms with Crippen LogP contribution in [0.15, 0.2) is 22.7 Å². The number of nitrogens with zero attached hydrogens (tertiary/aromatic N) is 1. The number of hydrogen-bond acceptors (Lipinski definition) is 2. The molecular weight excluding hydrogens is 252 g/mol. The first-order valence-electron chi connectivity index (χ1n) is 5.39. The van der Waals surface area contributed by atoms with Crippen molar-refractivity contribution in [2.75, 3.05) is 25.5 Å². The molecule has 0 saturated carbocycles. The number of para-hydroxylation sites is 1. The van der Waals surface area contributed by atoms with Crippen molar-refractivity contribution in [3.05, 3.63) is 28.2 Å². The number of halogens is 1. The second-order valence-corrected chi connectivity index (χ2v) is 4.96. The fraction of sp³-hybridized carbons (Fsp3) is 0.500. The molecule has 1 atom stereocenters. The maximum absolute atomic E-state index is 3.64. The first-order valence-corrected chi connectivity index (χ1v) is 6.18. The van der Waals surface area contributed by atoms with E-state index in [4.69, 9.17) is 0 Å². The van der Waals surface area contributed by atoms with E-state index in [1.165, 1.54) is 28.6 Å². The van der Waals surface area contributed by atoms with Crippen molar-refractivity contribution in [1.82, 2.24) is 5.32 Å². The molecule has 15 heavy (non-hydrogen) atoms. The molecule has 82 valence electrons. The number of nitrogens with one attached hydrogen (secondary N) is 1. The summed E-state index contributed by atoms with van der Waals surface area (Å²) < 4.78 is 1.21. The van der Waals surface area contributed by atoms with E-state index >= 15 is 0 Å². The van der Waals surface area contributed by atoms with E-state index < -0.39 is 0 Å². The molecule has 0 bridgehead atoms. The van der Waals surface area contributed by atoms with Gasteiger partial charge in [-0.25, -0.2) is 0 Å². The van der Waals surface area contributed by atoms with Crippen LogP contribution in [-0.4, -0.2) is 26.7 Å². The van der Waals surface area contributed by atoms with Gasteiger partial charge in [-0.05, 0) is 47.4 Å². The van der Waals surface area contributed by atoms with Gasteiger partial charge >= 0.3 is 0 Å². The van der Waals surface area contributed by atoms with Crippen LogP contribution in [0.4, 0.5) is 5.69 Å². The predicted octanol–water partition coefficient (Wildman–Crippen LogP) is 2.42. The summed E-state index contributed by atoms with van der Waals surface area (Å²) in [5.74, 6) is 0. The summed E-state index contributed by atoms with van der Waals surface area (Å²) in [6, 6.07) is 7.08. The molecule has 0 amide bonds. The van der Waals surface area contributed by atoms with Crippen molar-refractivity contribution < 1.29 is 0 Å². The fourth-order valence-electron chi connectivity index (χ4n) is 2.33. The fourth-order valence-corrected chi connectivity index (χ4v) is 3.02. The van der Waals surface area contributed by atoms with Crippen LogP contribution in [0.1, 0.15) is 12.0 Å². The highest BCUT2D eigenvalue weighted by molar-refractivity contribution is 9.10. The highest BCUT2D eigenvalue weighted by Gasteiger charge is 2.24. The van der Waals surface area contributed by atoms with Gasteiger partial charge in [0.2, 0.25) is 0 Å². The van der Waals surface area contributed by atoms with Crippen LogP contribution in [0.25, 0.3) is 0 Å². The molecule has 0 aromatic heterocycles. The Morgan fingerprint density at radius 2 is 2.33 bits per heavy atom. The number of fused-ring (bicyclic) bond motifs is 1. The minimum Gasteiger partial charge on any atom is -0.369 e. The Hall–Kier alpha value is -0.540. The van der Waals surface area contributed by atoms with E-state index in [9.17, 15) is 0 Å². The largest absolute Gasteiger partial charge is 0.369 e. The van der Waals surface area contributed by atoms with Gasteiger partial charge < -0.3 is 10.2 Å². The Bertz CT molecular complexity index is 351. The summed E-state index contributed by atoms with van der Waals surface area (Å²) in [7, 11) is 4.20. The lowest BCUT2D eigenvalue weighted by atomic mass is 9.96. The molecule has 0 aliphatic carbocycles. The lowest BCUT2D eigenvalue weighted by Crippen LogP contribution is -2.42. The number of rotatable bonds is 2. The Balaban J connectivity index is 2.32. The van der Waals surface area contributed by atoms with Crippen molar-refractivity contribution in [2.45, 2.75) is 18.9 Å². The molecule has 1 aliphatic heterocycles. The minimum atomic E-state index is 0.612. The molecule has 0 fully saturated rings. The third-order valence-electron chi connectivity index (χ3n) is 3.16. The molecule has 1 aromatic rings. The maximum atomic E-state index is 3.64. The van der Waals surface area contributed by atoms with Crippen molar-refractivity contribution in [1.29, 1.82) is 0 Å². The summed E-state index contributed by atoms with van der Waals surface area (Å²) in [6.45, 7) is 1.05. The SMILES string of the molecule is CNCC1CCc2cccc(Br)c2N1C. The first-order chi connectivity index (χ1) is 7.24. The van der Waals surface area contributed by atoms with Gasteiger partial charge in [0, 0.05) is 24.1 Å². The summed E-state index contributed by atoms with van der Waals surface area (Å²) >= 11 is 3.64. The van der Waals surface area contributed by atoms with E-state index in [-0.39, 0.29) is 0 Å². The minimum absolute atomic E-state index is 0.612. The van der Waals surface area contributed by atoms with E-state index in [1.54, 1.807) is 0 Å². The molecule has 0 spiro atoms. The first kappa shape index (κ1) is 11.0. The number of hydrogen-bond donors (Lipinski definition) is 1. The van der Waals surface area contributed by atoms with E-state index in [0.717, 1.165) is 6.54 Å². The predicted molar refractivity (Wildman–Crippen MR) is 68.6 cm³/mol. The van der Waals surface area contributed by atoms with Gasteiger partial charge in [-0.2, -0.15) is 0 Å². The monoisotopic (exact) mass is 268 g/mol. The van der Waals surface area contributed by atoms with Crippen LogP contribution in [0.3, 0.4) is 0 Å². The van der Waals surface area contributed by atoms with Crippen LogP contribution >= 0.6 is 15.9 Å². The standard InChI is InChI=1S/C12H17BrN2/c1-14-8-10-7-6-9-4-3-5-11(13)12(9)15(10)2/h3-5,10,14H,6-8H2,1-2H3. The molecule has 0 radical (unpaired) electrons. The van der Waals surface area contributed by atoms with E-state index in [2.05, 4.69) is 51.4 Å². The quantitative estimate of drug-likeness (QED) is 0.887. The molecule has 2 rings (SSSR count). The van der Waals surface area contributed by atoms with Gasteiger partial charge in [0.1, 0.15) is 0 Å². The average molecular weight is 269 g/mol. The van der Waals surface area contributed by atoms with Gasteiger partial charge in [0.15, 0.2) is 0 Å². The molecule has 1 N–H and O–H groups in total. The van der Waals surface area contributed by atoms with Crippen molar-refractivity contribution in [3.63, 3.8) is 0 Å². The third kappa shape index (κ3) is 2.04. The van der Waals surface area contributed by atoms with Gasteiger partial charge in [-0.1, -0.05) is 12.1 Å². The summed E-state index contributed by atoms with van der Waals surface area (Å²) in [4.78, 5) is 2.39. The van der Waals surface area contributed by atoms with Crippen LogP contribution in [0.5, 0.6) is 0 Å². The number of aryl methyl sites for hydroxylation is 1. The van der Waals surface area contributed by atoms with Gasteiger partial charge in [0.05, 0.1) is 5.69 Å². The molecule has 2 nitrogen and oxygen atoms in total. The third-order valence-corrected chi connectivity index (χ3v) is 3.80. The topological polar surface area (TPSA) is 15.3 Å². The normalized spacial score (nSPS) is 20.2. The summed E-state index contributed by atoms with van der Waals surface area (Å²) in [6.07, 6.45) is 2.42. The zero-order valence-corrected chi connectivity index (χ0v) is 10.8. The smallest absolute Gasteiger partial charge is 0.0543 e. The highest BCUT2D eigenvalue weighted by Crippen LogP contribution is 2.35. The van der Waals surface area contributed by atoms with Crippen molar-refractivity contribution in [2.24, 2.45) is 0 Å². The Labute approximate surface area is 99.8 Å². The molecule has 1 aromatic carbocycles. The Kier molecular flexibility index (Phi) is 3.32. The van der Waals surface area contributed by atoms with Crippen LogP contribution in [-0.2, 0) is 6.42 Å². The zero-order chi connectivity index (χ0) is 10.8. The van der Waals surface area contributed by atoms with E-state index in [1.807, 2.05) is 7.05 Å². The highest BCUT2D eigenvalue weighted by atomic mass is 79.9. The Morgan fingerprint density at radius 1 is 1.53 bits per heavy atom. The molecule has 1 unspecified atom stereocenters. The number of likely N-dealkylation sites (N-methyl/N-ethyl adjacent to an activating group) is 2. The molecule has 1 heterocycles. The zero-order valence-electron chi connectivity index (χ0n) is 9.26. The van der Waals surface area contributed by atoms with E-state index in [0.29, 0.717) is 6.04 Å². The second kappa shape index (κ2) is 4.54. The van der Waals surface area contributed by atoms with Crippen LogP contribution < -0.4 is 10.2 Å². The number of anilines is 1. The lowest BCUT2D eigenvalue weighted by Gasteiger charge is -2.36. The molecule has 3 heteroatoms. The van der Waals surface area contributed by atoms with Crippen LogP contribution in [0.2, 0.25) is 0 Å². The second-order valence-electron chi connectivity index (χ2n) is 4.11. The molecular formula is C12H17BrN2. The van der Waals surface area contributed by atoms with Crippen molar-refractivity contribution in [3.8, 4) is 0 Å². The van der Waals surface area contributed by atoms with Gasteiger partial charge in [-0.3, -0.25) is 0 Å². The summed E-state index contributed by atoms with van der Waals surface area (Å²) in [5.41, 5.74) is 2.82. The molecule has 1 aliphatic rings. The lowest BCUT2D eigenvalue weighted by molar-refractivity contribution is 0.529.